The van der Waals surface area contributed by atoms with Crippen molar-refractivity contribution in [1.29, 1.82) is 0 Å². The highest BCUT2D eigenvalue weighted by Crippen LogP contribution is 2.47. The number of methoxy groups -OCH3 is 1. The molecule has 2 amide bonds. The van der Waals surface area contributed by atoms with Crippen LogP contribution in [0.15, 0.2) is 100 Å². The fourth-order valence-electron chi connectivity index (χ4n) is 6.67. The Kier molecular flexibility index (Phi) is 8.50. The average Bonchev–Trinajstić information content (AvgIpc) is 3.66. The van der Waals surface area contributed by atoms with Crippen LogP contribution in [-0.4, -0.2) is 34.4 Å². The zero-order valence-electron chi connectivity index (χ0n) is 27.6. The van der Waals surface area contributed by atoms with Crippen molar-refractivity contribution < 1.29 is 19.4 Å². The Hall–Kier alpha value is -5.65. The number of hydrogen-bond donors (Lipinski definition) is 3. The molecule has 0 radical (unpaired) electrons. The summed E-state index contributed by atoms with van der Waals surface area (Å²) in [6.45, 7) is 2.00. The van der Waals surface area contributed by atoms with Gasteiger partial charge in [-0.2, -0.15) is 5.11 Å². The SMILES string of the molecule is COc1ccc(-n2c3ccccc3c3ccc4cc(C(N)=O)c(O)c(N=Nc5ccc(N=C6NC(=O)c7c(Cl)c(Cl)c(Cl)c(Cl)c76)cc5)c4c32)c(C)c1. The number of amidine groups is 1. The first-order chi connectivity index (χ1) is 25.5. The molecule has 0 atom stereocenters. The number of phenols is 1. The molecule has 8 rings (SSSR count). The monoisotopic (exact) mass is 780 g/mol. The van der Waals surface area contributed by atoms with Gasteiger partial charge >= 0.3 is 0 Å². The van der Waals surface area contributed by atoms with Crippen LogP contribution in [-0.2, 0) is 0 Å². The van der Waals surface area contributed by atoms with Crippen LogP contribution in [0.2, 0.25) is 20.1 Å². The number of nitrogens with zero attached hydrogens (tertiary/aromatic N) is 4. The van der Waals surface area contributed by atoms with Gasteiger partial charge in [0.05, 0.1) is 66.3 Å². The smallest absolute Gasteiger partial charge is 0.259 e. The van der Waals surface area contributed by atoms with E-state index in [4.69, 9.17) is 56.9 Å². The fraction of sp³-hybridized carbons (Fsp3) is 0.0513. The number of primary amides is 1. The molecule has 0 fully saturated rings. The number of azo groups is 1. The minimum Gasteiger partial charge on any atom is -0.505 e. The van der Waals surface area contributed by atoms with Crippen LogP contribution in [0.5, 0.6) is 11.5 Å². The molecule has 4 N–H and O–H groups in total. The highest BCUT2D eigenvalue weighted by molar-refractivity contribution is 6.55. The van der Waals surface area contributed by atoms with Gasteiger partial charge in [0.15, 0.2) is 5.75 Å². The number of aromatic hydroxyl groups is 1. The first kappa shape index (κ1) is 34.4. The second-order valence-electron chi connectivity index (χ2n) is 12.2. The summed E-state index contributed by atoms with van der Waals surface area (Å²) >= 11 is 25.2. The van der Waals surface area contributed by atoms with Crippen LogP contribution in [0.3, 0.4) is 0 Å². The van der Waals surface area contributed by atoms with Crippen molar-refractivity contribution in [3.8, 4) is 17.2 Å². The number of ether oxygens (including phenoxy) is 1. The number of amides is 2. The van der Waals surface area contributed by atoms with Crippen LogP contribution in [0.1, 0.15) is 31.8 Å². The van der Waals surface area contributed by atoms with Gasteiger partial charge in [0.25, 0.3) is 11.8 Å². The minimum absolute atomic E-state index is 0.00463. The molecule has 10 nitrogen and oxygen atoms in total. The van der Waals surface area contributed by atoms with Crippen molar-refractivity contribution >= 4 is 114 Å². The van der Waals surface area contributed by atoms with Crippen molar-refractivity contribution in [1.82, 2.24) is 9.88 Å². The maximum atomic E-state index is 12.7. The molecule has 1 aliphatic heterocycles. The van der Waals surface area contributed by atoms with Gasteiger partial charge in [-0.25, -0.2) is 4.99 Å². The van der Waals surface area contributed by atoms with Gasteiger partial charge in [-0.1, -0.05) is 76.7 Å². The predicted octanol–water partition coefficient (Wildman–Crippen LogP) is 10.9. The topological polar surface area (TPSA) is 144 Å². The summed E-state index contributed by atoms with van der Waals surface area (Å²) in [4.78, 5) is 29.8. The highest BCUT2D eigenvalue weighted by Gasteiger charge is 2.34. The van der Waals surface area contributed by atoms with E-state index in [-0.39, 0.29) is 48.3 Å². The summed E-state index contributed by atoms with van der Waals surface area (Å²) in [5, 5.41) is 26.3. The lowest BCUT2D eigenvalue weighted by molar-refractivity contribution is 0.0979. The molecule has 0 unspecified atom stereocenters. The number of aromatic nitrogens is 1. The van der Waals surface area contributed by atoms with Crippen LogP contribution in [0.4, 0.5) is 17.1 Å². The Morgan fingerprint density at radius 1 is 0.830 bits per heavy atom. The Morgan fingerprint density at radius 3 is 2.23 bits per heavy atom. The van der Waals surface area contributed by atoms with Crippen molar-refractivity contribution in [3.63, 3.8) is 0 Å². The van der Waals surface area contributed by atoms with E-state index in [9.17, 15) is 14.7 Å². The van der Waals surface area contributed by atoms with Gasteiger partial charge in [0.2, 0.25) is 0 Å². The van der Waals surface area contributed by atoms with Gasteiger partial charge < -0.3 is 25.5 Å². The van der Waals surface area contributed by atoms with Crippen LogP contribution < -0.4 is 15.8 Å². The highest BCUT2D eigenvalue weighted by atomic mass is 35.5. The average molecular weight is 782 g/mol. The first-order valence-electron chi connectivity index (χ1n) is 15.9. The molecule has 1 aliphatic rings. The molecule has 0 saturated heterocycles. The summed E-state index contributed by atoms with van der Waals surface area (Å²) in [6, 6.07) is 25.8. The molecule has 2 heterocycles. The molecule has 53 heavy (non-hydrogen) atoms. The summed E-state index contributed by atoms with van der Waals surface area (Å²) in [6.07, 6.45) is 0. The number of fused-ring (bicyclic) bond motifs is 6. The molecule has 0 saturated carbocycles. The second-order valence-corrected chi connectivity index (χ2v) is 13.7. The molecule has 262 valence electrons. The third kappa shape index (κ3) is 5.53. The zero-order chi connectivity index (χ0) is 37.3. The number of nitrogens with one attached hydrogen (secondary N) is 1. The van der Waals surface area contributed by atoms with E-state index in [0.29, 0.717) is 27.9 Å². The molecule has 0 spiro atoms. The van der Waals surface area contributed by atoms with E-state index in [0.717, 1.165) is 33.1 Å². The molecule has 14 heteroatoms. The first-order valence-corrected chi connectivity index (χ1v) is 17.4. The van der Waals surface area contributed by atoms with Crippen LogP contribution in [0, 0.1) is 6.92 Å². The Labute approximate surface area is 321 Å². The van der Waals surface area contributed by atoms with Gasteiger partial charge in [-0.05, 0) is 72.5 Å². The number of hydrogen-bond acceptors (Lipinski definition) is 7. The molecular weight excluding hydrogens is 758 g/mol. The van der Waals surface area contributed by atoms with E-state index in [2.05, 4.69) is 25.1 Å². The number of carbonyl (C=O) groups excluding carboxylic acids is 2. The normalized spacial score (nSPS) is 13.5. The summed E-state index contributed by atoms with van der Waals surface area (Å²) in [7, 11) is 1.62. The lowest BCUT2D eigenvalue weighted by Crippen LogP contribution is -2.21. The number of rotatable bonds is 6. The number of aryl methyl sites for hydroxylation is 1. The van der Waals surface area contributed by atoms with Crippen molar-refractivity contribution in [3.05, 3.63) is 127 Å². The number of nitrogens with two attached hydrogens (primary N) is 1. The van der Waals surface area contributed by atoms with E-state index in [1.807, 2.05) is 61.5 Å². The van der Waals surface area contributed by atoms with E-state index in [1.165, 1.54) is 0 Å². The molecular formula is C39H24Cl4N6O4. The number of aliphatic imine (C=N–C) groups is 1. The standard InChI is InChI=1S/C39H24Cl4N6O4/c1-17-15-21(53-2)12-14-25(17)49-26-6-4-3-5-22(26)23-13-7-18-16-24(37(44)51)36(50)34(27(18)35(23)49)48-47-20-10-8-19(9-11-20)45-38-28-29(39(52)46-38)31(41)33(43)32(42)30(28)40/h3-16,50H,1-2H3,(H2,44,51)(H,45,46,52). The van der Waals surface area contributed by atoms with Crippen LogP contribution >= 0.6 is 46.4 Å². The predicted molar refractivity (Wildman–Crippen MR) is 211 cm³/mol. The zero-order valence-corrected chi connectivity index (χ0v) is 30.7. The number of para-hydroxylation sites is 1. The maximum Gasteiger partial charge on any atom is 0.259 e. The fourth-order valence-corrected chi connectivity index (χ4v) is 7.70. The summed E-state index contributed by atoms with van der Waals surface area (Å²) in [5.41, 5.74) is 10.4. The third-order valence-corrected chi connectivity index (χ3v) is 10.9. The molecule has 1 aromatic heterocycles. The molecule has 0 bridgehead atoms. The Balaban J connectivity index is 1.28. The van der Waals surface area contributed by atoms with Crippen LogP contribution in [0.25, 0.3) is 38.3 Å². The lowest BCUT2D eigenvalue weighted by Gasteiger charge is -2.15. The number of benzene rings is 6. The van der Waals surface area contributed by atoms with Crippen molar-refractivity contribution in [2.45, 2.75) is 6.92 Å². The van der Waals surface area contributed by atoms with Gasteiger partial charge in [-0.3, -0.25) is 9.59 Å². The summed E-state index contributed by atoms with van der Waals surface area (Å²) < 4.78 is 7.59. The lowest BCUT2D eigenvalue weighted by atomic mass is 10.00. The number of halogens is 4. The maximum absolute atomic E-state index is 12.7. The van der Waals surface area contributed by atoms with Gasteiger partial charge in [-0.15, -0.1) is 5.11 Å². The Bertz CT molecular complexity index is 2810. The van der Waals surface area contributed by atoms with Gasteiger partial charge in [0.1, 0.15) is 17.3 Å². The van der Waals surface area contributed by atoms with E-state index in [1.54, 1.807) is 37.4 Å². The largest absolute Gasteiger partial charge is 0.505 e. The second kappa shape index (κ2) is 13.1. The quantitative estimate of drug-likeness (QED) is 0.0876. The minimum atomic E-state index is -0.818. The summed E-state index contributed by atoms with van der Waals surface area (Å²) in [5.74, 6) is -0.877. The van der Waals surface area contributed by atoms with E-state index < -0.39 is 17.6 Å². The van der Waals surface area contributed by atoms with Crippen molar-refractivity contribution in [2.75, 3.05) is 7.11 Å². The van der Waals surface area contributed by atoms with Gasteiger partial charge in [0, 0.05) is 21.8 Å². The Morgan fingerprint density at radius 2 is 1.53 bits per heavy atom. The molecule has 6 aromatic carbocycles. The number of carbonyl (C=O) groups is 2. The molecule has 0 aliphatic carbocycles. The molecule has 7 aromatic rings. The van der Waals surface area contributed by atoms with Crippen molar-refractivity contribution in [2.24, 2.45) is 21.0 Å². The van der Waals surface area contributed by atoms with E-state index >= 15 is 0 Å². The third-order valence-electron chi connectivity index (χ3n) is 9.11.